The van der Waals surface area contributed by atoms with Gasteiger partial charge in [0.15, 0.2) is 0 Å². The minimum Gasteiger partial charge on any atom is -0.389 e. The summed E-state index contributed by atoms with van der Waals surface area (Å²) in [6.45, 7) is 1.43. The van der Waals surface area contributed by atoms with Crippen LogP contribution in [0.1, 0.15) is 22.3 Å². The second-order valence-electron chi connectivity index (χ2n) is 4.34. The summed E-state index contributed by atoms with van der Waals surface area (Å²) >= 11 is 4.90. The number of nitrogens with zero attached hydrogens (tertiary/aromatic N) is 1. The van der Waals surface area contributed by atoms with Gasteiger partial charge in [-0.3, -0.25) is 9.59 Å². The third-order valence-corrected chi connectivity index (χ3v) is 3.23. The molecular weight excluding hydrogens is 262 g/mol. The first-order valence-electron chi connectivity index (χ1n) is 6.04. The Hall–Kier alpha value is -1.95. The molecule has 0 aromatic heterocycles. The lowest BCUT2D eigenvalue weighted by Crippen LogP contribution is -2.34. The largest absolute Gasteiger partial charge is 0.389 e. The van der Waals surface area contributed by atoms with E-state index in [1.54, 1.807) is 29.2 Å². The first kappa shape index (κ1) is 13.5. The smallest absolute Gasteiger partial charge is 0.253 e. The second kappa shape index (κ2) is 5.79. The summed E-state index contributed by atoms with van der Waals surface area (Å²) in [5, 5.41) is 2.74. The van der Waals surface area contributed by atoms with Crippen molar-refractivity contribution in [3.63, 3.8) is 0 Å². The van der Waals surface area contributed by atoms with E-state index in [9.17, 15) is 9.59 Å². The highest BCUT2D eigenvalue weighted by Crippen LogP contribution is 2.10. The van der Waals surface area contributed by atoms with E-state index in [0.717, 1.165) is 0 Å². The third kappa shape index (κ3) is 3.29. The zero-order chi connectivity index (χ0) is 13.8. The molecule has 0 unspecified atom stereocenters. The van der Waals surface area contributed by atoms with Crippen LogP contribution in [0.25, 0.3) is 0 Å². The number of amides is 2. The van der Waals surface area contributed by atoms with Crippen LogP contribution in [-0.4, -0.2) is 41.3 Å². The SMILES string of the molecule is NC(=S)c1cccc(C(=O)N2CCNC(=O)CC2)c1. The molecule has 0 aliphatic carbocycles. The minimum atomic E-state index is -0.102. The van der Waals surface area contributed by atoms with Crippen molar-refractivity contribution in [2.75, 3.05) is 19.6 Å². The van der Waals surface area contributed by atoms with E-state index in [-0.39, 0.29) is 16.8 Å². The molecule has 1 aromatic carbocycles. The first-order valence-corrected chi connectivity index (χ1v) is 6.44. The average Bonchev–Trinajstić information content (AvgIpc) is 2.63. The van der Waals surface area contributed by atoms with Gasteiger partial charge in [0.1, 0.15) is 4.99 Å². The third-order valence-electron chi connectivity index (χ3n) is 2.99. The number of carbonyl (C=O) groups excluding carboxylic acids is 2. The van der Waals surface area contributed by atoms with Crippen molar-refractivity contribution in [1.29, 1.82) is 0 Å². The fraction of sp³-hybridized carbons (Fsp3) is 0.308. The number of rotatable bonds is 2. The number of nitrogens with one attached hydrogen (secondary N) is 1. The molecule has 2 rings (SSSR count). The molecule has 5 nitrogen and oxygen atoms in total. The van der Waals surface area contributed by atoms with E-state index in [4.69, 9.17) is 18.0 Å². The van der Waals surface area contributed by atoms with E-state index in [1.807, 2.05) is 0 Å². The predicted molar refractivity (Wildman–Crippen MR) is 75.9 cm³/mol. The maximum Gasteiger partial charge on any atom is 0.253 e. The summed E-state index contributed by atoms with van der Waals surface area (Å²) in [6, 6.07) is 6.94. The van der Waals surface area contributed by atoms with Crippen LogP contribution >= 0.6 is 12.2 Å². The maximum absolute atomic E-state index is 12.3. The molecule has 1 aliphatic heterocycles. The first-order chi connectivity index (χ1) is 9.08. The van der Waals surface area contributed by atoms with Gasteiger partial charge in [0.25, 0.3) is 5.91 Å². The molecule has 0 saturated carbocycles. The topological polar surface area (TPSA) is 75.4 Å². The quantitative estimate of drug-likeness (QED) is 0.762. The van der Waals surface area contributed by atoms with Gasteiger partial charge in [-0.05, 0) is 12.1 Å². The highest BCUT2D eigenvalue weighted by Gasteiger charge is 2.19. The van der Waals surface area contributed by atoms with Crippen LogP contribution in [0.15, 0.2) is 24.3 Å². The molecule has 0 spiro atoms. The number of benzene rings is 1. The molecule has 100 valence electrons. The number of hydrogen-bond acceptors (Lipinski definition) is 3. The number of nitrogens with two attached hydrogens (primary N) is 1. The zero-order valence-electron chi connectivity index (χ0n) is 10.4. The summed E-state index contributed by atoms with van der Waals surface area (Å²) < 4.78 is 0. The monoisotopic (exact) mass is 277 g/mol. The Morgan fingerprint density at radius 2 is 2.05 bits per heavy atom. The summed E-state index contributed by atoms with van der Waals surface area (Å²) in [6.07, 6.45) is 0.334. The predicted octanol–water partition coefficient (Wildman–Crippen LogP) is 0.283. The van der Waals surface area contributed by atoms with Gasteiger partial charge in [-0.2, -0.15) is 0 Å². The van der Waals surface area contributed by atoms with Crippen molar-refractivity contribution < 1.29 is 9.59 Å². The molecule has 0 radical (unpaired) electrons. The molecule has 1 saturated heterocycles. The van der Waals surface area contributed by atoms with Gasteiger partial charge >= 0.3 is 0 Å². The second-order valence-corrected chi connectivity index (χ2v) is 4.78. The van der Waals surface area contributed by atoms with Crippen LogP contribution < -0.4 is 11.1 Å². The maximum atomic E-state index is 12.3. The van der Waals surface area contributed by atoms with Crippen molar-refractivity contribution in [3.05, 3.63) is 35.4 Å². The molecule has 6 heteroatoms. The lowest BCUT2D eigenvalue weighted by atomic mass is 10.1. The molecule has 1 aliphatic rings. The molecule has 0 atom stereocenters. The summed E-state index contributed by atoms with van der Waals surface area (Å²) in [5.74, 6) is -0.123. The lowest BCUT2D eigenvalue weighted by Gasteiger charge is -2.19. The molecule has 19 heavy (non-hydrogen) atoms. The van der Waals surface area contributed by atoms with E-state index in [1.165, 1.54) is 0 Å². The van der Waals surface area contributed by atoms with Crippen molar-refractivity contribution in [1.82, 2.24) is 10.2 Å². The van der Waals surface area contributed by atoms with Crippen LogP contribution in [0.3, 0.4) is 0 Å². The fourth-order valence-electron chi connectivity index (χ4n) is 1.96. The van der Waals surface area contributed by atoms with Gasteiger partial charge in [-0.25, -0.2) is 0 Å². The van der Waals surface area contributed by atoms with Gasteiger partial charge in [-0.1, -0.05) is 24.4 Å². The molecule has 1 fully saturated rings. The highest BCUT2D eigenvalue weighted by atomic mass is 32.1. The van der Waals surface area contributed by atoms with Gasteiger partial charge in [0.2, 0.25) is 5.91 Å². The van der Waals surface area contributed by atoms with Gasteiger partial charge in [0.05, 0.1) is 0 Å². The highest BCUT2D eigenvalue weighted by molar-refractivity contribution is 7.80. The molecule has 1 aromatic rings. The van der Waals surface area contributed by atoms with Gasteiger partial charge < -0.3 is 16.0 Å². The Balaban J connectivity index is 2.16. The van der Waals surface area contributed by atoms with E-state index >= 15 is 0 Å². The molecule has 1 heterocycles. The van der Waals surface area contributed by atoms with Crippen LogP contribution in [-0.2, 0) is 4.79 Å². The molecule has 0 bridgehead atoms. The van der Waals surface area contributed by atoms with Crippen LogP contribution in [0.4, 0.5) is 0 Å². The fourth-order valence-corrected chi connectivity index (χ4v) is 2.09. The standard InChI is InChI=1S/C13H15N3O2S/c14-12(19)9-2-1-3-10(8-9)13(18)16-6-4-11(17)15-5-7-16/h1-3,8H,4-7H2,(H2,14,19)(H,15,17). The number of hydrogen-bond donors (Lipinski definition) is 2. The average molecular weight is 277 g/mol. The van der Waals surface area contributed by atoms with Crippen molar-refractivity contribution in [2.45, 2.75) is 6.42 Å². The number of thiocarbonyl (C=S) groups is 1. The van der Waals surface area contributed by atoms with Crippen molar-refractivity contribution >= 4 is 29.0 Å². The Kier molecular flexibility index (Phi) is 4.11. The van der Waals surface area contributed by atoms with E-state index < -0.39 is 0 Å². The molecular formula is C13H15N3O2S. The Morgan fingerprint density at radius 1 is 1.32 bits per heavy atom. The van der Waals surface area contributed by atoms with Gasteiger partial charge in [-0.15, -0.1) is 0 Å². The van der Waals surface area contributed by atoms with E-state index in [0.29, 0.717) is 37.2 Å². The molecule has 3 N–H and O–H groups in total. The van der Waals surface area contributed by atoms with Crippen molar-refractivity contribution in [2.24, 2.45) is 5.73 Å². The Labute approximate surface area is 116 Å². The summed E-state index contributed by atoms with van der Waals surface area (Å²) in [5.41, 5.74) is 6.77. The van der Waals surface area contributed by atoms with Crippen LogP contribution in [0.5, 0.6) is 0 Å². The van der Waals surface area contributed by atoms with E-state index in [2.05, 4.69) is 5.32 Å². The Bertz CT molecular complexity index is 530. The Morgan fingerprint density at radius 3 is 2.79 bits per heavy atom. The molecule has 2 amide bonds. The van der Waals surface area contributed by atoms with Crippen molar-refractivity contribution in [3.8, 4) is 0 Å². The summed E-state index contributed by atoms with van der Waals surface area (Å²) in [4.78, 5) is 25.5. The summed E-state index contributed by atoms with van der Waals surface area (Å²) in [7, 11) is 0. The minimum absolute atomic E-state index is 0.0211. The number of carbonyl (C=O) groups is 2. The van der Waals surface area contributed by atoms with Crippen LogP contribution in [0.2, 0.25) is 0 Å². The normalized spacial score (nSPS) is 15.6. The van der Waals surface area contributed by atoms with Gasteiger partial charge in [0, 0.05) is 37.2 Å². The zero-order valence-corrected chi connectivity index (χ0v) is 11.2. The lowest BCUT2D eigenvalue weighted by molar-refractivity contribution is -0.120. The van der Waals surface area contributed by atoms with Crippen LogP contribution in [0, 0.1) is 0 Å².